The van der Waals surface area contributed by atoms with Crippen LogP contribution in [0, 0.1) is 0 Å². The molecular weight excluding hydrogens is 122 g/mol. The Morgan fingerprint density at radius 2 is 2.62 bits per heavy atom. The van der Waals surface area contributed by atoms with Crippen LogP contribution < -0.4 is 4.72 Å². The van der Waals surface area contributed by atoms with Crippen molar-refractivity contribution in [2.45, 2.75) is 0 Å². The molecule has 2 nitrogen and oxygen atoms in total. The van der Waals surface area contributed by atoms with E-state index in [1.54, 1.807) is 18.4 Å². The molecule has 0 saturated heterocycles. The monoisotopic (exact) mass is 127 g/mol. The third-order valence-corrected chi connectivity index (χ3v) is 1.44. The maximum absolute atomic E-state index is 10.00. The predicted molar refractivity (Wildman–Crippen MR) is 34.0 cm³/mol. The average Bonchev–Trinajstić information content (AvgIpc) is 1.90. The summed E-state index contributed by atoms with van der Waals surface area (Å²) in [5, 5.41) is 0. The molecule has 0 amide bonds. The molecular formula is C5H5NOS. The SMILES string of the molecule is O=CC1=CC=CNS1. The highest BCUT2D eigenvalue weighted by atomic mass is 32.2. The van der Waals surface area contributed by atoms with Crippen molar-refractivity contribution in [2.24, 2.45) is 0 Å². The van der Waals surface area contributed by atoms with Crippen LogP contribution in [0.4, 0.5) is 0 Å². The zero-order valence-electron chi connectivity index (χ0n) is 4.13. The van der Waals surface area contributed by atoms with Gasteiger partial charge in [-0.1, -0.05) is 0 Å². The molecule has 1 aliphatic rings. The maximum Gasteiger partial charge on any atom is 0.158 e. The molecule has 8 heavy (non-hydrogen) atoms. The van der Waals surface area contributed by atoms with Crippen LogP contribution in [-0.2, 0) is 4.79 Å². The predicted octanol–water partition coefficient (Wildman–Crippen LogP) is 0.834. The van der Waals surface area contributed by atoms with Gasteiger partial charge in [0.25, 0.3) is 0 Å². The van der Waals surface area contributed by atoms with E-state index in [2.05, 4.69) is 4.72 Å². The van der Waals surface area contributed by atoms with Gasteiger partial charge < -0.3 is 4.72 Å². The van der Waals surface area contributed by atoms with E-state index in [1.165, 1.54) is 11.9 Å². The van der Waals surface area contributed by atoms with Gasteiger partial charge in [0.15, 0.2) is 6.29 Å². The Labute approximate surface area is 51.8 Å². The van der Waals surface area contributed by atoms with Gasteiger partial charge in [-0.05, 0) is 24.1 Å². The van der Waals surface area contributed by atoms with Crippen molar-refractivity contribution >= 4 is 18.2 Å². The van der Waals surface area contributed by atoms with Gasteiger partial charge in [0.1, 0.15) is 0 Å². The maximum atomic E-state index is 10.00. The highest BCUT2D eigenvalue weighted by molar-refractivity contribution is 8.02. The van der Waals surface area contributed by atoms with Gasteiger partial charge in [-0.25, -0.2) is 0 Å². The first-order valence-corrected chi connectivity index (χ1v) is 2.99. The summed E-state index contributed by atoms with van der Waals surface area (Å²) in [7, 11) is 0. The van der Waals surface area contributed by atoms with Gasteiger partial charge in [0.2, 0.25) is 0 Å². The largest absolute Gasteiger partial charge is 0.332 e. The summed E-state index contributed by atoms with van der Waals surface area (Å²) in [6.45, 7) is 0. The highest BCUT2D eigenvalue weighted by Gasteiger charge is 1.94. The molecule has 0 fully saturated rings. The number of nitrogens with one attached hydrogen (secondary N) is 1. The second kappa shape index (κ2) is 2.57. The molecule has 0 aromatic heterocycles. The molecule has 0 saturated carbocycles. The third kappa shape index (κ3) is 1.13. The minimum absolute atomic E-state index is 0.715. The topological polar surface area (TPSA) is 29.1 Å². The van der Waals surface area contributed by atoms with E-state index in [0.29, 0.717) is 4.91 Å². The Kier molecular flexibility index (Phi) is 1.75. The fourth-order valence-electron chi connectivity index (χ4n) is 0.382. The van der Waals surface area contributed by atoms with Crippen LogP contribution in [0.15, 0.2) is 23.3 Å². The molecule has 0 spiro atoms. The number of carbonyl (C=O) groups is 1. The Balaban J connectivity index is 2.63. The van der Waals surface area contributed by atoms with Crippen molar-refractivity contribution in [1.29, 1.82) is 0 Å². The normalized spacial score (nSPS) is 16.8. The van der Waals surface area contributed by atoms with Crippen molar-refractivity contribution < 1.29 is 4.79 Å². The molecule has 1 N–H and O–H groups in total. The van der Waals surface area contributed by atoms with Crippen LogP contribution in [-0.4, -0.2) is 6.29 Å². The summed E-state index contributed by atoms with van der Waals surface area (Å²) in [6.07, 6.45) is 6.15. The third-order valence-electron chi connectivity index (χ3n) is 0.718. The summed E-state index contributed by atoms with van der Waals surface area (Å²) in [5.74, 6) is 0. The van der Waals surface area contributed by atoms with Crippen molar-refractivity contribution in [1.82, 2.24) is 4.72 Å². The summed E-state index contributed by atoms with van der Waals surface area (Å²) in [5.41, 5.74) is 0. The first-order valence-electron chi connectivity index (χ1n) is 2.18. The smallest absolute Gasteiger partial charge is 0.158 e. The first-order chi connectivity index (χ1) is 3.93. The molecule has 0 aromatic rings. The summed E-state index contributed by atoms with van der Waals surface area (Å²) in [6, 6.07) is 0. The Bertz CT molecular complexity index is 151. The van der Waals surface area contributed by atoms with Crippen molar-refractivity contribution in [2.75, 3.05) is 0 Å². The highest BCUT2D eigenvalue weighted by Crippen LogP contribution is 2.11. The van der Waals surface area contributed by atoms with Gasteiger partial charge in [-0.3, -0.25) is 4.79 Å². The minimum Gasteiger partial charge on any atom is -0.332 e. The zero-order chi connectivity index (χ0) is 5.82. The van der Waals surface area contributed by atoms with Crippen LogP contribution in [0.5, 0.6) is 0 Å². The van der Waals surface area contributed by atoms with Gasteiger partial charge in [0.05, 0.1) is 4.91 Å². The Hall–Kier alpha value is -0.700. The lowest BCUT2D eigenvalue weighted by atomic mass is 10.5. The second-order valence-electron chi connectivity index (χ2n) is 1.27. The number of aldehydes is 1. The quantitative estimate of drug-likeness (QED) is 0.418. The molecule has 1 heterocycles. The molecule has 42 valence electrons. The van der Waals surface area contributed by atoms with Gasteiger partial charge in [-0.2, -0.15) is 0 Å². The van der Waals surface area contributed by atoms with E-state index in [4.69, 9.17) is 0 Å². The van der Waals surface area contributed by atoms with Gasteiger partial charge >= 0.3 is 0 Å². The second-order valence-corrected chi connectivity index (χ2v) is 2.18. The number of hydrogen-bond acceptors (Lipinski definition) is 3. The summed E-state index contributed by atoms with van der Waals surface area (Å²) in [4.78, 5) is 10.7. The van der Waals surface area contributed by atoms with Crippen LogP contribution in [0.1, 0.15) is 0 Å². The fourth-order valence-corrected chi connectivity index (χ4v) is 0.859. The Morgan fingerprint density at radius 1 is 1.75 bits per heavy atom. The van der Waals surface area contributed by atoms with E-state index in [9.17, 15) is 4.79 Å². The molecule has 0 unspecified atom stereocenters. The molecule has 0 bridgehead atoms. The summed E-state index contributed by atoms with van der Waals surface area (Å²) >= 11 is 1.32. The molecule has 0 aromatic carbocycles. The van der Waals surface area contributed by atoms with Crippen LogP contribution in [0.25, 0.3) is 0 Å². The average molecular weight is 127 g/mol. The number of hydrogen-bond donors (Lipinski definition) is 1. The number of carbonyl (C=O) groups excluding carboxylic acids is 1. The molecule has 0 atom stereocenters. The van der Waals surface area contributed by atoms with Gasteiger partial charge in [-0.15, -0.1) is 0 Å². The van der Waals surface area contributed by atoms with E-state index < -0.39 is 0 Å². The van der Waals surface area contributed by atoms with E-state index in [0.717, 1.165) is 6.29 Å². The zero-order valence-corrected chi connectivity index (χ0v) is 4.94. The molecule has 1 aliphatic heterocycles. The van der Waals surface area contributed by atoms with Crippen LogP contribution in [0.2, 0.25) is 0 Å². The first kappa shape index (κ1) is 5.44. The van der Waals surface area contributed by atoms with E-state index >= 15 is 0 Å². The summed E-state index contributed by atoms with van der Waals surface area (Å²) < 4.78 is 2.82. The van der Waals surface area contributed by atoms with Crippen LogP contribution in [0.3, 0.4) is 0 Å². The van der Waals surface area contributed by atoms with E-state index in [1.807, 2.05) is 0 Å². The number of allylic oxidation sites excluding steroid dienone is 3. The van der Waals surface area contributed by atoms with Crippen molar-refractivity contribution in [3.8, 4) is 0 Å². The molecule has 3 heteroatoms. The number of rotatable bonds is 1. The lowest BCUT2D eigenvalue weighted by Gasteiger charge is -2.00. The fraction of sp³-hybridized carbons (Fsp3) is 0. The van der Waals surface area contributed by atoms with Crippen molar-refractivity contribution in [3.05, 3.63) is 23.3 Å². The lowest BCUT2D eigenvalue weighted by Crippen LogP contribution is -1.96. The molecule has 0 aliphatic carbocycles. The Morgan fingerprint density at radius 3 is 3.00 bits per heavy atom. The minimum atomic E-state index is 0.715. The molecule has 0 radical (unpaired) electrons. The molecule has 1 rings (SSSR count). The lowest BCUT2D eigenvalue weighted by molar-refractivity contribution is -0.104. The standard InChI is InChI=1S/C5H5NOS/c7-4-5-2-1-3-6-8-5/h1-4,6H. The van der Waals surface area contributed by atoms with E-state index in [-0.39, 0.29) is 0 Å². The van der Waals surface area contributed by atoms with Crippen molar-refractivity contribution in [3.63, 3.8) is 0 Å². The van der Waals surface area contributed by atoms with Gasteiger partial charge in [0, 0.05) is 6.20 Å². The van der Waals surface area contributed by atoms with Crippen LogP contribution >= 0.6 is 11.9 Å².